The minimum atomic E-state index is -0.723. The van der Waals surface area contributed by atoms with Gasteiger partial charge in [-0.25, -0.2) is 4.98 Å². The molecule has 0 aliphatic heterocycles. The number of nitriles is 1. The summed E-state index contributed by atoms with van der Waals surface area (Å²) in [6.07, 6.45) is 11.0. The Balaban J connectivity index is 2.24. The summed E-state index contributed by atoms with van der Waals surface area (Å²) in [6.45, 7) is 2.94. The quantitative estimate of drug-likeness (QED) is 0.913. The van der Waals surface area contributed by atoms with E-state index in [1.165, 1.54) is 19.3 Å². The van der Waals surface area contributed by atoms with Crippen LogP contribution in [-0.2, 0) is 6.54 Å². The van der Waals surface area contributed by atoms with Gasteiger partial charge in [0.25, 0.3) is 0 Å². The first-order valence-corrected chi connectivity index (χ1v) is 7.83. The first-order valence-electron chi connectivity index (χ1n) is 7.83. The fraction of sp³-hybridized carbons (Fsp3) is 0.750. The molecule has 1 aromatic heterocycles. The van der Waals surface area contributed by atoms with Crippen LogP contribution in [0.25, 0.3) is 0 Å². The maximum absolute atomic E-state index is 10.8. The lowest BCUT2D eigenvalue weighted by Crippen LogP contribution is -2.30. The summed E-state index contributed by atoms with van der Waals surface area (Å²) in [4.78, 5) is 4.16. The summed E-state index contributed by atoms with van der Waals surface area (Å²) >= 11 is 0. The van der Waals surface area contributed by atoms with Gasteiger partial charge >= 0.3 is 0 Å². The van der Waals surface area contributed by atoms with Crippen LogP contribution < -0.4 is 0 Å². The second-order valence-electron chi connectivity index (χ2n) is 5.95. The predicted molar refractivity (Wildman–Crippen MR) is 77.8 cm³/mol. The van der Waals surface area contributed by atoms with E-state index in [0.29, 0.717) is 0 Å². The highest BCUT2D eigenvalue weighted by molar-refractivity contribution is 5.15. The number of aromatic nitrogens is 2. The molecule has 1 aromatic rings. The molecular formula is C16H25N3O. The highest BCUT2D eigenvalue weighted by atomic mass is 16.3. The number of aliphatic hydroxyl groups excluding tert-OH is 1. The van der Waals surface area contributed by atoms with Crippen molar-refractivity contribution in [2.45, 2.75) is 70.9 Å². The van der Waals surface area contributed by atoms with E-state index in [9.17, 15) is 10.4 Å². The van der Waals surface area contributed by atoms with Gasteiger partial charge in [-0.3, -0.25) is 0 Å². The van der Waals surface area contributed by atoms with E-state index in [1.807, 2.05) is 4.57 Å². The lowest BCUT2D eigenvalue weighted by atomic mass is 9.72. The SMILES string of the molecule is CCCn1cncc1C(O)C1(C#N)CCCCCCC1. The van der Waals surface area contributed by atoms with Crippen molar-refractivity contribution in [1.82, 2.24) is 9.55 Å². The van der Waals surface area contributed by atoms with Gasteiger partial charge in [-0.1, -0.05) is 39.0 Å². The van der Waals surface area contributed by atoms with Crippen molar-refractivity contribution < 1.29 is 5.11 Å². The van der Waals surface area contributed by atoms with Crippen LogP contribution in [0.1, 0.15) is 70.1 Å². The highest BCUT2D eigenvalue weighted by Gasteiger charge is 2.40. The van der Waals surface area contributed by atoms with Crippen molar-refractivity contribution in [2.75, 3.05) is 0 Å². The zero-order valence-corrected chi connectivity index (χ0v) is 12.4. The first-order chi connectivity index (χ1) is 9.73. The van der Waals surface area contributed by atoms with Crippen molar-refractivity contribution in [2.24, 2.45) is 5.41 Å². The Kier molecular flexibility index (Phi) is 5.19. The zero-order valence-electron chi connectivity index (χ0n) is 12.4. The van der Waals surface area contributed by atoms with Gasteiger partial charge in [-0.2, -0.15) is 5.26 Å². The Hall–Kier alpha value is -1.34. The molecule has 110 valence electrons. The Bertz CT molecular complexity index is 453. The Labute approximate surface area is 121 Å². The Morgan fingerprint density at radius 1 is 1.35 bits per heavy atom. The normalized spacial score (nSPS) is 20.6. The molecule has 0 bridgehead atoms. The minimum absolute atomic E-state index is 0.633. The summed E-state index contributed by atoms with van der Waals surface area (Å²) in [6, 6.07) is 2.45. The van der Waals surface area contributed by atoms with Crippen molar-refractivity contribution >= 4 is 0 Å². The molecule has 1 aliphatic carbocycles. The summed E-state index contributed by atoms with van der Waals surface area (Å²) in [5.41, 5.74) is 0.167. The molecule has 1 heterocycles. The van der Waals surface area contributed by atoms with Crippen LogP contribution in [0.5, 0.6) is 0 Å². The maximum Gasteiger partial charge on any atom is 0.114 e. The maximum atomic E-state index is 10.8. The number of aryl methyl sites for hydroxylation is 1. The van der Waals surface area contributed by atoms with E-state index in [2.05, 4.69) is 18.0 Å². The molecule has 1 saturated carbocycles. The predicted octanol–water partition coefficient (Wildman–Crippen LogP) is 3.58. The molecule has 1 unspecified atom stereocenters. The molecule has 0 aromatic carbocycles. The van der Waals surface area contributed by atoms with E-state index in [4.69, 9.17) is 0 Å². The lowest BCUT2D eigenvalue weighted by Gasteiger charge is -2.33. The number of rotatable bonds is 4. The molecule has 0 spiro atoms. The molecule has 4 nitrogen and oxygen atoms in total. The molecule has 1 atom stereocenters. The lowest BCUT2D eigenvalue weighted by molar-refractivity contribution is 0.0372. The average molecular weight is 275 g/mol. The van der Waals surface area contributed by atoms with Crippen LogP contribution in [0.15, 0.2) is 12.5 Å². The van der Waals surface area contributed by atoms with Crippen molar-refractivity contribution in [1.29, 1.82) is 5.26 Å². The third kappa shape index (κ3) is 3.04. The number of hydrogen-bond donors (Lipinski definition) is 1. The summed E-state index contributed by atoms with van der Waals surface area (Å²) in [5, 5.41) is 20.5. The molecule has 0 radical (unpaired) electrons. The smallest absolute Gasteiger partial charge is 0.114 e. The number of nitrogens with zero attached hydrogens (tertiary/aromatic N) is 3. The minimum Gasteiger partial charge on any atom is -0.385 e. The van der Waals surface area contributed by atoms with Crippen LogP contribution in [0, 0.1) is 16.7 Å². The molecule has 1 N–H and O–H groups in total. The molecule has 0 amide bonds. The van der Waals surface area contributed by atoms with Crippen molar-refractivity contribution in [3.8, 4) is 6.07 Å². The van der Waals surface area contributed by atoms with Crippen LogP contribution >= 0.6 is 0 Å². The molecule has 1 aliphatic rings. The first kappa shape index (κ1) is 15.1. The van der Waals surface area contributed by atoms with Crippen LogP contribution in [0.2, 0.25) is 0 Å². The van der Waals surface area contributed by atoms with E-state index in [-0.39, 0.29) is 0 Å². The summed E-state index contributed by atoms with van der Waals surface area (Å²) in [7, 11) is 0. The largest absolute Gasteiger partial charge is 0.385 e. The van der Waals surface area contributed by atoms with E-state index in [1.54, 1.807) is 12.5 Å². The summed E-state index contributed by atoms with van der Waals surface area (Å²) < 4.78 is 1.99. The van der Waals surface area contributed by atoms with Gasteiger partial charge in [0.2, 0.25) is 0 Å². The van der Waals surface area contributed by atoms with E-state index in [0.717, 1.165) is 44.3 Å². The van der Waals surface area contributed by atoms with Crippen molar-refractivity contribution in [3.63, 3.8) is 0 Å². The third-order valence-corrected chi connectivity index (χ3v) is 4.48. The molecule has 0 saturated heterocycles. The second-order valence-corrected chi connectivity index (χ2v) is 5.95. The Morgan fingerprint density at radius 3 is 2.60 bits per heavy atom. The molecule has 2 rings (SSSR count). The number of hydrogen-bond acceptors (Lipinski definition) is 3. The van der Waals surface area contributed by atoms with Crippen LogP contribution in [-0.4, -0.2) is 14.7 Å². The van der Waals surface area contributed by atoms with Gasteiger partial charge in [0, 0.05) is 6.54 Å². The molecule has 20 heavy (non-hydrogen) atoms. The van der Waals surface area contributed by atoms with E-state index >= 15 is 0 Å². The molecular weight excluding hydrogens is 250 g/mol. The van der Waals surface area contributed by atoms with Gasteiger partial charge in [0.05, 0.1) is 29.7 Å². The monoisotopic (exact) mass is 275 g/mol. The summed E-state index contributed by atoms with van der Waals surface area (Å²) in [5.74, 6) is 0. The standard InChI is InChI=1S/C16H25N3O/c1-2-10-19-13-18-11-14(19)15(20)16(12-17)8-6-4-3-5-7-9-16/h11,13,15,20H,2-10H2,1H3. The fourth-order valence-electron chi connectivity index (χ4n) is 3.25. The van der Waals surface area contributed by atoms with Gasteiger partial charge in [-0.05, 0) is 19.3 Å². The van der Waals surface area contributed by atoms with Gasteiger partial charge in [0.15, 0.2) is 0 Å². The number of aliphatic hydroxyl groups is 1. The number of imidazole rings is 1. The Morgan fingerprint density at radius 2 is 2.00 bits per heavy atom. The highest BCUT2D eigenvalue weighted by Crippen LogP contribution is 2.43. The van der Waals surface area contributed by atoms with Gasteiger partial charge in [0.1, 0.15) is 6.10 Å². The van der Waals surface area contributed by atoms with Crippen LogP contribution in [0.4, 0.5) is 0 Å². The van der Waals surface area contributed by atoms with Crippen LogP contribution in [0.3, 0.4) is 0 Å². The van der Waals surface area contributed by atoms with Crippen molar-refractivity contribution in [3.05, 3.63) is 18.2 Å². The topological polar surface area (TPSA) is 61.8 Å². The third-order valence-electron chi connectivity index (χ3n) is 4.48. The van der Waals surface area contributed by atoms with E-state index < -0.39 is 11.5 Å². The fourth-order valence-corrected chi connectivity index (χ4v) is 3.25. The van der Waals surface area contributed by atoms with Gasteiger partial charge < -0.3 is 9.67 Å². The zero-order chi connectivity index (χ0) is 14.4. The average Bonchev–Trinajstić information content (AvgIpc) is 2.87. The second kappa shape index (κ2) is 6.90. The molecule has 4 heteroatoms. The molecule has 1 fully saturated rings. The van der Waals surface area contributed by atoms with Gasteiger partial charge in [-0.15, -0.1) is 0 Å².